The molecule has 0 saturated carbocycles. The summed E-state index contributed by atoms with van der Waals surface area (Å²) in [6.45, 7) is 0. The molecule has 0 aliphatic rings. The summed E-state index contributed by atoms with van der Waals surface area (Å²) in [7, 11) is -3.82. The Balaban J connectivity index is 2.24. The van der Waals surface area contributed by atoms with Crippen molar-refractivity contribution in [3.8, 4) is 0 Å². The van der Waals surface area contributed by atoms with Crippen molar-refractivity contribution in [2.45, 2.75) is 4.90 Å². The summed E-state index contributed by atoms with van der Waals surface area (Å²) >= 11 is -1.15. The van der Waals surface area contributed by atoms with Gasteiger partial charge in [0, 0.05) is 0 Å². The van der Waals surface area contributed by atoms with Crippen LogP contribution in [0, 0.1) is 10.1 Å². The van der Waals surface area contributed by atoms with Gasteiger partial charge in [-0.05, 0) is 0 Å². The van der Waals surface area contributed by atoms with Gasteiger partial charge in [-0.15, -0.1) is 0 Å². The predicted molar refractivity (Wildman–Crippen MR) is 76.4 cm³/mol. The van der Waals surface area contributed by atoms with Crippen molar-refractivity contribution < 1.29 is 17.1 Å². The fourth-order valence-corrected chi connectivity index (χ4v) is 3.18. The van der Waals surface area contributed by atoms with Crippen LogP contribution in [-0.2, 0) is 13.8 Å². The van der Waals surface area contributed by atoms with E-state index in [4.69, 9.17) is 0 Å². The molecule has 2 rings (SSSR count). The summed E-state index contributed by atoms with van der Waals surface area (Å²) in [4.78, 5) is 9.85. The zero-order valence-electron chi connectivity index (χ0n) is 10.5. The topological polar surface area (TPSA) is 106 Å². The number of rotatable bonds is 5. The second-order valence-electron chi connectivity index (χ2n) is 3.99. The van der Waals surface area contributed by atoms with Gasteiger partial charge >= 0.3 is 127 Å². The van der Waals surface area contributed by atoms with E-state index in [-0.39, 0.29) is 10.6 Å². The number of hydrogen-bond donors (Lipinski definition) is 1. The Morgan fingerprint density at radius 1 is 1.00 bits per heavy atom. The number of nitrogens with one attached hydrogen (secondary N) is 1. The average Bonchev–Trinajstić information content (AvgIpc) is 2.48. The van der Waals surface area contributed by atoms with Crippen molar-refractivity contribution in [2.24, 2.45) is 0 Å². The number of hydrogen-bond acceptors (Lipinski definition) is 5. The third-order valence-electron chi connectivity index (χ3n) is 2.58. The van der Waals surface area contributed by atoms with Gasteiger partial charge in [-0.1, -0.05) is 0 Å². The summed E-state index contributed by atoms with van der Waals surface area (Å²) in [6.07, 6.45) is 0. The van der Waals surface area contributed by atoms with Crippen molar-refractivity contribution in [1.29, 1.82) is 0 Å². The molecule has 108 valence electrons. The van der Waals surface area contributed by atoms with E-state index in [1.54, 1.807) is 12.1 Å². The van der Waals surface area contributed by atoms with Crippen LogP contribution in [0.4, 0.5) is 11.4 Å². The molecular weight excluding hydrogens is 359 g/mol. The molecule has 0 aliphatic carbocycles. The van der Waals surface area contributed by atoms with Crippen LogP contribution in [0.25, 0.3) is 0 Å². The summed E-state index contributed by atoms with van der Waals surface area (Å²) < 4.78 is 37.9. The van der Waals surface area contributed by atoms with Crippen molar-refractivity contribution in [2.75, 3.05) is 4.72 Å². The van der Waals surface area contributed by atoms with Crippen molar-refractivity contribution in [3.63, 3.8) is 0 Å². The number of anilines is 1. The van der Waals surface area contributed by atoms with Gasteiger partial charge in [-0.25, -0.2) is 0 Å². The van der Waals surface area contributed by atoms with E-state index in [2.05, 4.69) is 4.72 Å². The third-order valence-corrected chi connectivity index (χ3v) is 5.05. The Labute approximate surface area is 127 Å². The first kappa shape index (κ1) is 15.3. The summed E-state index contributed by atoms with van der Waals surface area (Å²) in [5.74, 6) is 0. The first-order chi connectivity index (χ1) is 9.92. The molecule has 2 aromatic rings. The molecular formula is C12H9AsN2O5S. The van der Waals surface area contributed by atoms with E-state index >= 15 is 0 Å². The Hall–Kier alpha value is -2.05. The van der Waals surface area contributed by atoms with Crippen LogP contribution in [0.1, 0.15) is 0 Å². The maximum absolute atomic E-state index is 12.1. The standard InChI is InChI=1S/C12H9AsN2O5S/c16-13-9-1-3-10(4-2-9)14-21(19,20)12-7-5-11(6-8-12)15(17)18/h1-8,14H. The Morgan fingerprint density at radius 2 is 1.57 bits per heavy atom. The molecule has 0 unspecified atom stereocenters. The Morgan fingerprint density at radius 3 is 2.05 bits per heavy atom. The molecule has 0 fully saturated rings. The molecule has 7 nitrogen and oxygen atoms in total. The molecule has 9 heteroatoms. The molecule has 0 saturated heterocycles. The molecule has 0 bridgehead atoms. The molecule has 0 heterocycles. The maximum atomic E-state index is 12.1. The minimum absolute atomic E-state index is 0.0765. The SMILES string of the molecule is O=[As]c1ccc(NS(=O)(=O)c2ccc([N+](=O)[O-])cc2)cc1. The minimum atomic E-state index is -3.82. The number of benzene rings is 2. The number of non-ortho nitro benzene ring substituents is 1. The van der Waals surface area contributed by atoms with Gasteiger partial charge in [0.2, 0.25) is 0 Å². The molecule has 0 aromatic heterocycles. The summed E-state index contributed by atoms with van der Waals surface area (Å²) in [6, 6.07) is 10.7. The fourth-order valence-electron chi connectivity index (χ4n) is 1.55. The first-order valence-corrected chi connectivity index (χ1v) is 8.82. The van der Waals surface area contributed by atoms with Gasteiger partial charge in [-0.2, -0.15) is 0 Å². The molecule has 0 amide bonds. The zero-order valence-corrected chi connectivity index (χ0v) is 13.2. The molecule has 0 spiro atoms. The van der Waals surface area contributed by atoms with Crippen LogP contribution in [0.2, 0.25) is 0 Å². The quantitative estimate of drug-likeness (QED) is 0.483. The zero-order chi connectivity index (χ0) is 15.5. The van der Waals surface area contributed by atoms with E-state index in [9.17, 15) is 22.3 Å². The number of nitrogens with zero attached hydrogens (tertiary/aromatic N) is 1. The van der Waals surface area contributed by atoms with Crippen molar-refractivity contribution in [3.05, 3.63) is 58.6 Å². The van der Waals surface area contributed by atoms with Crippen LogP contribution in [0.5, 0.6) is 0 Å². The van der Waals surface area contributed by atoms with Crippen LogP contribution < -0.4 is 9.07 Å². The first-order valence-electron chi connectivity index (χ1n) is 5.63. The third kappa shape index (κ3) is 3.74. The fraction of sp³-hybridized carbons (Fsp3) is 0. The van der Waals surface area contributed by atoms with Gasteiger partial charge in [0.05, 0.1) is 0 Å². The molecule has 1 N–H and O–H groups in total. The van der Waals surface area contributed by atoms with E-state index in [0.717, 1.165) is 24.3 Å². The van der Waals surface area contributed by atoms with Crippen molar-refractivity contribution in [1.82, 2.24) is 0 Å². The van der Waals surface area contributed by atoms with Crippen molar-refractivity contribution >= 4 is 41.4 Å². The van der Waals surface area contributed by atoms with E-state index in [1.807, 2.05) is 0 Å². The molecule has 2 aromatic carbocycles. The van der Waals surface area contributed by atoms with Crippen LogP contribution in [-0.4, -0.2) is 29.0 Å². The molecule has 21 heavy (non-hydrogen) atoms. The van der Waals surface area contributed by atoms with Crippen LogP contribution in [0.3, 0.4) is 0 Å². The summed E-state index contributed by atoms with van der Waals surface area (Å²) in [5.41, 5.74) is 0.142. The Kier molecular flexibility index (Phi) is 4.49. The van der Waals surface area contributed by atoms with Gasteiger partial charge in [-0.3, -0.25) is 0 Å². The monoisotopic (exact) mass is 368 g/mol. The average molecular weight is 368 g/mol. The van der Waals surface area contributed by atoms with Crippen LogP contribution in [0.15, 0.2) is 53.4 Å². The molecule has 0 atom stereocenters. The second-order valence-corrected chi connectivity index (χ2v) is 7.14. The van der Waals surface area contributed by atoms with Gasteiger partial charge in [0.1, 0.15) is 0 Å². The second kappa shape index (κ2) is 6.15. The van der Waals surface area contributed by atoms with E-state index in [0.29, 0.717) is 10.0 Å². The van der Waals surface area contributed by atoms with E-state index in [1.165, 1.54) is 12.1 Å². The van der Waals surface area contributed by atoms with Gasteiger partial charge in [0.25, 0.3) is 0 Å². The number of sulfonamides is 1. The number of nitro benzene ring substituents is 1. The van der Waals surface area contributed by atoms with E-state index < -0.39 is 30.6 Å². The Bertz CT molecular complexity index is 772. The normalized spacial score (nSPS) is 11.2. The molecule has 0 aliphatic heterocycles. The summed E-state index contributed by atoms with van der Waals surface area (Å²) in [5, 5.41) is 10.5. The van der Waals surface area contributed by atoms with Crippen LogP contribution >= 0.6 is 0 Å². The predicted octanol–water partition coefficient (Wildman–Crippen LogP) is 1.07. The number of nitro groups is 1. The molecule has 0 radical (unpaired) electrons. The van der Waals surface area contributed by atoms with Gasteiger partial charge < -0.3 is 0 Å². The van der Waals surface area contributed by atoms with Gasteiger partial charge in [0.15, 0.2) is 0 Å².